The second-order valence-electron chi connectivity index (χ2n) is 7.36. The molecule has 0 saturated carbocycles. The lowest BCUT2D eigenvalue weighted by atomic mass is 9.87. The lowest BCUT2D eigenvalue weighted by Gasteiger charge is -2.35. The summed E-state index contributed by atoms with van der Waals surface area (Å²) in [5.74, 6) is 0.250. The van der Waals surface area contributed by atoms with E-state index in [9.17, 15) is 4.79 Å². The van der Waals surface area contributed by atoms with Gasteiger partial charge < -0.3 is 4.90 Å². The van der Waals surface area contributed by atoms with Gasteiger partial charge in [0.25, 0.3) is 0 Å². The maximum Gasteiger partial charge on any atom is 0.237 e. The number of likely N-dealkylation sites (N-methyl/N-ethyl adjacent to an activating group) is 1. The van der Waals surface area contributed by atoms with Crippen molar-refractivity contribution < 1.29 is 4.79 Å². The molecule has 0 aromatic heterocycles. The number of hydrogen-bond acceptors (Lipinski definition) is 2. The number of carbonyl (C=O) groups excluding carboxylic acids is 1. The average molecular weight is 334 g/mol. The summed E-state index contributed by atoms with van der Waals surface area (Å²) >= 11 is 0. The summed E-state index contributed by atoms with van der Waals surface area (Å²) in [7, 11) is 2.10. The first-order chi connectivity index (χ1) is 12.2. The number of amides is 1. The van der Waals surface area contributed by atoms with Crippen molar-refractivity contribution in [2.24, 2.45) is 0 Å². The first-order valence-electron chi connectivity index (χ1n) is 9.35. The minimum Gasteiger partial charge on any atom is -0.337 e. The number of hydrogen-bond donors (Lipinski definition) is 0. The second kappa shape index (κ2) is 7.01. The van der Waals surface area contributed by atoms with E-state index in [-0.39, 0.29) is 5.91 Å². The van der Waals surface area contributed by atoms with Gasteiger partial charge in [0, 0.05) is 19.1 Å². The summed E-state index contributed by atoms with van der Waals surface area (Å²) < 4.78 is 0. The molecular weight excluding hydrogens is 308 g/mol. The lowest BCUT2D eigenvalue weighted by Crippen LogP contribution is -2.43. The van der Waals surface area contributed by atoms with Crippen LogP contribution in [0.2, 0.25) is 0 Å². The SMILES string of the molecule is CN(CC(=O)N1CCc2ccccc2C1)[C@H]1CCCc2ccccc21. The Morgan fingerprint density at radius 1 is 1.04 bits per heavy atom. The largest absolute Gasteiger partial charge is 0.337 e. The molecule has 2 aliphatic rings. The summed E-state index contributed by atoms with van der Waals surface area (Å²) in [6.45, 7) is 2.09. The number of fused-ring (bicyclic) bond motifs is 2. The second-order valence-corrected chi connectivity index (χ2v) is 7.36. The first kappa shape index (κ1) is 16.3. The third kappa shape index (κ3) is 3.34. The van der Waals surface area contributed by atoms with Gasteiger partial charge in [0.15, 0.2) is 0 Å². The Hall–Kier alpha value is -2.13. The number of nitrogens with zero attached hydrogens (tertiary/aromatic N) is 2. The van der Waals surface area contributed by atoms with Crippen LogP contribution >= 0.6 is 0 Å². The van der Waals surface area contributed by atoms with Crippen molar-refractivity contribution in [1.29, 1.82) is 0 Å². The predicted octanol–water partition coefficient (Wildman–Crippen LogP) is 3.58. The molecule has 0 spiro atoms. The van der Waals surface area contributed by atoms with E-state index in [1.54, 1.807) is 0 Å². The van der Waals surface area contributed by atoms with Crippen LogP contribution in [0, 0.1) is 0 Å². The van der Waals surface area contributed by atoms with Crippen LogP contribution < -0.4 is 0 Å². The van der Waals surface area contributed by atoms with E-state index in [2.05, 4.69) is 60.5 Å². The van der Waals surface area contributed by atoms with Crippen molar-refractivity contribution in [3.63, 3.8) is 0 Å². The van der Waals surface area contributed by atoms with Crippen LogP contribution in [0.15, 0.2) is 48.5 Å². The summed E-state index contributed by atoms with van der Waals surface area (Å²) in [4.78, 5) is 17.1. The molecular formula is C22H26N2O. The van der Waals surface area contributed by atoms with Gasteiger partial charge in [-0.15, -0.1) is 0 Å². The molecule has 3 heteroatoms. The molecule has 1 atom stereocenters. The van der Waals surface area contributed by atoms with E-state index in [4.69, 9.17) is 0 Å². The van der Waals surface area contributed by atoms with Crippen molar-refractivity contribution in [2.75, 3.05) is 20.1 Å². The molecule has 130 valence electrons. The number of rotatable bonds is 3. The maximum absolute atomic E-state index is 12.9. The fraction of sp³-hybridized carbons (Fsp3) is 0.409. The smallest absolute Gasteiger partial charge is 0.237 e. The lowest BCUT2D eigenvalue weighted by molar-refractivity contribution is -0.133. The van der Waals surface area contributed by atoms with Gasteiger partial charge in [-0.1, -0.05) is 48.5 Å². The fourth-order valence-electron chi connectivity index (χ4n) is 4.32. The van der Waals surface area contributed by atoms with Crippen LogP contribution in [0.4, 0.5) is 0 Å². The van der Waals surface area contributed by atoms with Gasteiger partial charge in [-0.3, -0.25) is 9.69 Å². The minimum atomic E-state index is 0.250. The molecule has 0 saturated heterocycles. The predicted molar refractivity (Wildman–Crippen MR) is 100 cm³/mol. The molecule has 2 aromatic carbocycles. The Morgan fingerprint density at radius 2 is 1.76 bits per heavy atom. The monoisotopic (exact) mass is 334 g/mol. The van der Waals surface area contributed by atoms with E-state index in [1.165, 1.54) is 28.7 Å². The summed E-state index contributed by atoms with van der Waals surface area (Å²) in [6, 6.07) is 17.6. The van der Waals surface area contributed by atoms with Gasteiger partial charge in [0.05, 0.1) is 6.54 Å². The van der Waals surface area contributed by atoms with E-state index < -0.39 is 0 Å². The molecule has 0 radical (unpaired) electrons. The zero-order valence-corrected chi connectivity index (χ0v) is 14.9. The molecule has 2 aromatic rings. The van der Waals surface area contributed by atoms with E-state index >= 15 is 0 Å². The maximum atomic E-state index is 12.9. The van der Waals surface area contributed by atoms with Crippen molar-refractivity contribution >= 4 is 5.91 Å². The quantitative estimate of drug-likeness (QED) is 0.856. The molecule has 1 amide bonds. The normalized spacial score (nSPS) is 19.4. The van der Waals surface area contributed by atoms with Gasteiger partial charge in [0.2, 0.25) is 5.91 Å². The highest BCUT2D eigenvalue weighted by atomic mass is 16.2. The molecule has 1 heterocycles. The summed E-state index contributed by atoms with van der Waals surface area (Å²) in [6.07, 6.45) is 4.48. The van der Waals surface area contributed by atoms with Crippen molar-refractivity contribution in [1.82, 2.24) is 9.80 Å². The van der Waals surface area contributed by atoms with E-state index in [0.29, 0.717) is 12.6 Å². The molecule has 1 aliphatic carbocycles. The molecule has 0 N–H and O–H groups in total. The Bertz CT molecular complexity index is 770. The van der Waals surface area contributed by atoms with Crippen LogP contribution in [-0.2, 0) is 24.2 Å². The highest BCUT2D eigenvalue weighted by Gasteiger charge is 2.27. The van der Waals surface area contributed by atoms with Gasteiger partial charge in [-0.25, -0.2) is 0 Å². The van der Waals surface area contributed by atoms with E-state index in [0.717, 1.165) is 32.4 Å². The molecule has 25 heavy (non-hydrogen) atoms. The number of benzene rings is 2. The van der Waals surface area contributed by atoms with Crippen LogP contribution in [0.5, 0.6) is 0 Å². The first-order valence-corrected chi connectivity index (χ1v) is 9.35. The highest BCUT2D eigenvalue weighted by molar-refractivity contribution is 5.78. The van der Waals surface area contributed by atoms with Crippen LogP contribution in [0.1, 0.15) is 41.1 Å². The van der Waals surface area contributed by atoms with Crippen molar-refractivity contribution in [3.05, 3.63) is 70.8 Å². The molecule has 1 aliphatic heterocycles. The molecule has 0 bridgehead atoms. The fourth-order valence-corrected chi connectivity index (χ4v) is 4.32. The molecule has 0 fully saturated rings. The average Bonchev–Trinajstić information content (AvgIpc) is 2.67. The Morgan fingerprint density at radius 3 is 2.60 bits per heavy atom. The van der Waals surface area contributed by atoms with Gasteiger partial charge in [-0.05, 0) is 55.0 Å². The standard InChI is InChI=1S/C22H26N2O/c1-23(21-12-6-10-18-8-4-5-11-20(18)21)16-22(25)24-14-13-17-7-2-3-9-19(17)15-24/h2-5,7-9,11,21H,6,10,12-16H2,1H3/t21-/m0/s1. The Labute approximate surface area is 150 Å². The zero-order chi connectivity index (χ0) is 17.2. The van der Waals surface area contributed by atoms with Crippen molar-refractivity contribution in [2.45, 2.75) is 38.3 Å². The van der Waals surface area contributed by atoms with Gasteiger partial charge >= 0.3 is 0 Å². The van der Waals surface area contributed by atoms with E-state index in [1.807, 2.05) is 4.90 Å². The van der Waals surface area contributed by atoms with Crippen LogP contribution in [0.3, 0.4) is 0 Å². The summed E-state index contributed by atoms with van der Waals surface area (Å²) in [5, 5.41) is 0. The highest BCUT2D eigenvalue weighted by Crippen LogP contribution is 2.33. The van der Waals surface area contributed by atoms with Gasteiger partial charge in [-0.2, -0.15) is 0 Å². The third-order valence-corrected chi connectivity index (χ3v) is 5.74. The number of aryl methyl sites for hydroxylation is 1. The number of carbonyl (C=O) groups is 1. The van der Waals surface area contributed by atoms with Crippen LogP contribution in [0.25, 0.3) is 0 Å². The zero-order valence-electron chi connectivity index (χ0n) is 14.9. The third-order valence-electron chi connectivity index (χ3n) is 5.74. The van der Waals surface area contributed by atoms with Gasteiger partial charge in [0.1, 0.15) is 0 Å². The van der Waals surface area contributed by atoms with Crippen molar-refractivity contribution in [3.8, 4) is 0 Å². The minimum absolute atomic E-state index is 0.250. The topological polar surface area (TPSA) is 23.6 Å². The van der Waals surface area contributed by atoms with Crippen LogP contribution in [-0.4, -0.2) is 35.8 Å². The molecule has 0 unspecified atom stereocenters. The Balaban J connectivity index is 1.44. The summed E-state index contributed by atoms with van der Waals surface area (Å²) in [5.41, 5.74) is 5.55. The molecule has 4 rings (SSSR count). The Kier molecular flexibility index (Phi) is 4.58. The molecule has 3 nitrogen and oxygen atoms in total.